The van der Waals surface area contributed by atoms with Gasteiger partial charge in [-0.1, -0.05) is 48.2 Å². The number of nitrogens with zero attached hydrogens (tertiary/aromatic N) is 1. The summed E-state index contributed by atoms with van der Waals surface area (Å²) in [4.78, 5) is 4.76. The summed E-state index contributed by atoms with van der Waals surface area (Å²) in [6.45, 7) is 2.66. The first-order valence-corrected chi connectivity index (χ1v) is 8.09. The second-order valence-corrected chi connectivity index (χ2v) is 5.77. The molecule has 0 amide bonds. The van der Waals surface area contributed by atoms with Gasteiger partial charge in [0.15, 0.2) is 5.17 Å². The average Bonchev–Trinajstić information content (AvgIpc) is 2.97. The molecule has 108 valence electrons. The van der Waals surface area contributed by atoms with E-state index in [4.69, 9.17) is 9.73 Å². The van der Waals surface area contributed by atoms with Crippen molar-refractivity contribution in [2.24, 2.45) is 4.99 Å². The van der Waals surface area contributed by atoms with Crippen LogP contribution in [0.2, 0.25) is 0 Å². The highest BCUT2D eigenvalue weighted by Gasteiger charge is 2.19. The molecule has 1 N–H and O–H groups in total. The molecule has 1 unspecified atom stereocenters. The second kappa shape index (κ2) is 6.68. The van der Waals surface area contributed by atoms with E-state index < -0.39 is 0 Å². The molecule has 0 radical (unpaired) electrons. The molecule has 0 saturated carbocycles. The predicted octanol–water partition coefficient (Wildman–Crippen LogP) is 4.34. The summed E-state index contributed by atoms with van der Waals surface area (Å²) >= 11 is 1.76. The van der Waals surface area contributed by atoms with Crippen molar-refractivity contribution in [2.75, 3.05) is 17.7 Å². The fourth-order valence-corrected chi connectivity index (χ4v) is 3.22. The Morgan fingerprint density at radius 2 is 2.05 bits per heavy atom. The molecule has 0 aliphatic carbocycles. The van der Waals surface area contributed by atoms with Crippen molar-refractivity contribution < 1.29 is 4.74 Å². The third-order valence-electron chi connectivity index (χ3n) is 3.23. The predicted molar refractivity (Wildman–Crippen MR) is 90.3 cm³/mol. The minimum atomic E-state index is 0.244. The monoisotopic (exact) mass is 298 g/mol. The molecular formula is C17H18N2OS. The van der Waals surface area contributed by atoms with Gasteiger partial charge in [0.25, 0.3) is 0 Å². The first-order valence-electron chi connectivity index (χ1n) is 7.10. The minimum absolute atomic E-state index is 0.244. The molecule has 1 atom stereocenters. The van der Waals surface area contributed by atoms with Crippen LogP contribution < -0.4 is 10.1 Å². The molecule has 1 heterocycles. The van der Waals surface area contributed by atoms with Crippen molar-refractivity contribution in [3.8, 4) is 5.75 Å². The van der Waals surface area contributed by atoms with Gasteiger partial charge in [0.1, 0.15) is 5.75 Å². The van der Waals surface area contributed by atoms with Crippen LogP contribution in [0.1, 0.15) is 18.5 Å². The van der Waals surface area contributed by atoms with Crippen LogP contribution in [0.3, 0.4) is 0 Å². The number of benzene rings is 2. The SMILES string of the molecule is CCOc1cccc(NC2=NC(c3ccccc3)CS2)c1. The Hall–Kier alpha value is -1.94. The highest BCUT2D eigenvalue weighted by Crippen LogP contribution is 2.31. The molecule has 21 heavy (non-hydrogen) atoms. The third kappa shape index (κ3) is 3.58. The Bertz CT molecular complexity index is 628. The molecule has 0 fully saturated rings. The van der Waals surface area contributed by atoms with Crippen LogP contribution in [0.25, 0.3) is 0 Å². The van der Waals surface area contributed by atoms with Crippen LogP contribution in [-0.2, 0) is 0 Å². The van der Waals surface area contributed by atoms with Gasteiger partial charge < -0.3 is 10.1 Å². The lowest BCUT2D eigenvalue weighted by molar-refractivity contribution is 0.340. The van der Waals surface area contributed by atoms with Gasteiger partial charge in [-0.2, -0.15) is 0 Å². The smallest absolute Gasteiger partial charge is 0.161 e. The van der Waals surface area contributed by atoms with E-state index in [-0.39, 0.29) is 6.04 Å². The van der Waals surface area contributed by atoms with Gasteiger partial charge in [-0.15, -0.1) is 0 Å². The highest BCUT2D eigenvalue weighted by atomic mass is 32.2. The average molecular weight is 298 g/mol. The van der Waals surface area contributed by atoms with Gasteiger partial charge in [-0.3, -0.25) is 4.99 Å². The van der Waals surface area contributed by atoms with Gasteiger partial charge in [0, 0.05) is 17.5 Å². The topological polar surface area (TPSA) is 33.6 Å². The molecule has 2 aromatic carbocycles. The summed E-state index contributed by atoms with van der Waals surface area (Å²) < 4.78 is 5.51. The Balaban J connectivity index is 1.70. The summed E-state index contributed by atoms with van der Waals surface area (Å²) in [6.07, 6.45) is 0. The first kappa shape index (κ1) is 14.0. The van der Waals surface area contributed by atoms with Gasteiger partial charge in [-0.05, 0) is 24.6 Å². The van der Waals surface area contributed by atoms with Crippen molar-refractivity contribution in [2.45, 2.75) is 13.0 Å². The third-order valence-corrected chi connectivity index (χ3v) is 4.19. The normalized spacial score (nSPS) is 17.4. The van der Waals surface area contributed by atoms with Gasteiger partial charge in [0.05, 0.1) is 12.6 Å². The Kier molecular flexibility index (Phi) is 4.46. The summed E-state index contributed by atoms with van der Waals surface area (Å²) in [6, 6.07) is 18.7. The van der Waals surface area contributed by atoms with Crippen LogP contribution in [0.4, 0.5) is 5.69 Å². The van der Waals surface area contributed by atoms with Crippen molar-refractivity contribution >= 4 is 22.6 Å². The van der Waals surface area contributed by atoms with E-state index in [1.165, 1.54) is 5.56 Å². The number of nitrogens with one attached hydrogen (secondary N) is 1. The minimum Gasteiger partial charge on any atom is -0.494 e. The van der Waals surface area contributed by atoms with E-state index in [0.717, 1.165) is 22.4 Å². The van der Waals surface area contributed by atoms with Crippen LogP contribution in [0, 0.1) is 0 Å². The molecule has 0 saturated heterocycles. The van der Waals surface area contributed by atoms with E-state index in [9.17, 15) is 0 Å². The van der Waals surface area contributed by atoms with Crippen LogP contribution in [-0.4, -0.2) is 17.5 Å². The quantitative estimate of drug-likeness (QED) is 0.911. The number of thioether (sulfide) groups is 1. The van der Waals surface area contributed by atoms with Crippen LogP contribution in [0.15, 0.2) is 59.6 Å². The fraction of sp³-hybridized carbons (Fsp3) is 0.235. The number of hydrogen-bond acceptors (Lipinski definition) is 4. The van der Waals surface area contributed by atoms with E-state index in [2.05, 4.69) is 29.6 Å². The lowest BCUT2D eigenvalue weighted by Crippen LogP contribution is -2.05. The molecule has 0 aromatic heterocycles. The second-order valence-electron chi connectivity index (χ2n) is 4.76. The molecule has 0 bridgehead atoms. The van der Waals surface area contributed by atoms with Crippen molar-refractivity contribution in [1.82, 2.24) is 0 Å². The largest absolute Gasteiger partial charge is 0.494 e. The lowest BCUT2D eigenvalue weighted by atomic mass is 10.1. The molecule has 0 spiro atoms. The van der Waals surface area contributed by atoms with Crippen LogP contribution in [0.5, 0.6) is 5.75 Å². The van der Waals surface area contributed by atoms with Crippen molar-refractivity contribution in [3.63, 3.8) is 0 Å². The number of anilines is 1. The molecule has 1 aliphatic rings. The molecule has 3 nitrogen and oxygen atoms in total. The Labute approximate surface area is 129 Å². The first-order chi connectivity index (χ1) is 10.3. The molecule has 1 aliphatic heterocycles. The molecular weight excluding hydrogens is 280 g/mol. The Morgan fingerprint density at radius 1 is 1.19 bits per heavy atom. The summed E-state index contributed by atoms with van der Waals surface area (Å²) in [5.74, 6) is 1.86. The highest BCUT2D eigenvalue weighted by molar-refractivity contribution is 8.14. The van der Waals surface area contributed by atoms with E-state index in [0.29, 0.717) is 6.61 Å². The van der Waals surface area contributed by atoms with Crippen LogP contribution >= 0.6 is 11.8 Å². The maximum absolute atomic E-state index is 5.51. The fourth-order valence-electron chi connectivity index (χ4n) is 2.24. The van der Waals surface area contributed by atoms with Gasteiger partial charge >= 0.3 is 0 Å². The van der Waals surface area contributed by atoms with Crippen molar-refractivity contribution in [1.29, 1.82) is 0 Å². The number of amidine groups is 1. The van der Waals surface area contributed by atoms with Crippen molar-refractivity contribution in [3.05, 3.63) is 60.2 Å². The van der Waals surface area contributed by atoms with E-state index >= 15 is 0 Å². The molecule has 4 heteroatoms. The van der Waals surface area contributed by atoms with Gasteiger partial charge in [-0.25, -0.2) is 0 Å². The Morgan fingerprint density at radius 3 is 2.86 bits per heavy atom. The summed E-state index contributed by atoms with van der Waals surface area (Å²) in [5.41, 5.74) is 2.28. The maximum Gasteiger partial charge on any atom is 0.161 e. The van der Waals surface area contributed by atoms with Gasteiger partial charge in [0.2, 0.25) is 0 Å². The summed E-state index contributed by atoms with van der Waals surface area (Å²) in [5, 5.41) is 4.34. The van der Waals surface area contributed by atoms with E-state index in [1.54, 1.807) is 11.8 Å². The molecule has 2 aromatic rings. The standard InChI is InChI=1S/C17H18N2OS/c1-2-20-15-10-6-9-14(11-15)18-17-19-16(12-21-17)13-7-4-3-5-8-13/h3-11,16H,2,12H2,1H3,(H,18,19). The zero-order valence-electron chi connectivity index (χ0n) is 12.0. The lowest BCUT2D eigenvalue weighted by Gasteiger charge is -2.08. The zero-order valence-corrected chi connectivity index (χ0v) is 12.8. The summed E-state index contributed by atoms with van der Waals surface area (Å²) in [7, 11) is 0. The number of rotatable bonds is 4. The van der Waals surface area contributed by atoms with E-state index in [1.807, 2.05) is 37.3 Å². The zero-order chi connectivity index (χ0) is 14.5. The number of aliphatic imine (C=N–C) groups is 1. The molecule has 3 rings (SSSR count). The maximum atomic E-state index is 5.51. The number of ether oxygens (including phenoxy) is 1. The number of hydrogen-bond donors (Lipinski definition) is 1.